The zero-order valence-electron chi connectivity index (χ0n) is 18.5. The fourth-order valence-electron chi connectivity index (χ4n) is 3.17. The first kappa shape index (κ1) is 25.0. The number of carbonyl (C=O) groups is 1. The highest BCUT2D eigenvalue weighted by atomic mass is 35.5. The van der Waals surface area contributed by atoms with Gasteiger partial charge in [0.05, 0.1) is 23.4 Å². The van der Waals surface area contributed by atoms with E-state index < -0.39 is 22.5 Å². The number of nitrogens with zero attached hydrogens (tertiary/aromatic N) is 1. The minimum Gasteiger partial charge on any atom is -0.495 e. The van der Waals surface area contributed by atoms with Crippen LogP contribution in [-0.4, -0.2) is 33.7 Å². The molecule has 3 aromatic rings. The molecule has 3 aromatic carbocycles. The Balaban J connectivity index is 2.02. The number of thioether (sulfide) groups is 1. The van der Waals surface area contributed by atoms with E-state index in [1.54, 1.807) is 42.1 Å². The van der Waals surface area contributed by atoms with Crippen LogP contribution in [0, 0.1) is 6.92 Å². The van der Waals surface area contributed by atoms with Crippen LogP contribution >= 0.6 is 23.4 Å². The molecule has 33 heavy (non-hydrogen) atoms. The molecule has 6 nitrogen and oxygen atoms in total. The van der Waals surface area contributed by atoms with Crippen molar-refractivity contribution < 1.29 is 17.9 Å². The Bertz CT molecular complexity index is 1230. The Morgan fingerprint density at radius 3 is 2.45 bits per heavy atom. The molecule has 0 aliphatic heterocycles. The number of methoxy groups -OCH3 is 1. The van der Waals surface area contributed by atoms with Gasteiger partial charge in [-0.15, -0.1) is 11.8 Å². The molecule has 1 amide bonds. The third-order valence-corrected chi connectivity index (χ3v) is 7.73. The summed E-state index contributed by atoms with van der Waals surface area (Å²) in [6.07, 6.45) is 0. The first-order valence-electron chi connectivity index (χ1n) is 10.2. The highest BCUT2D eigenvalue weighted by Crippen LogP contribution is 2.35. The van der Waals surface area contributed by atoms with Crippen LogP contribution in [0.1, 0.15) is 12.5 Å². The van der Waals surface area contributed by atoms with Crippen LogP contribution < -0.4 is 14.4 Å². The molecule has 0 heterocycles. The van der Waals surface area contributed by atoms with Crippen molar-refractivity contribution in [3.05, 3.63) is 77.3 Å². The molecule has 1 N–H and O–H groups in total. The highest BCUT2D eigenvalue weighted by Gasteiger charge is 2.30. The lowest BCUT2D eigenvalue weighted by Crippen LogP contribution is -2.38. The summed E-state index contributed by atoms with van der Waals surface area (Å²) in [5, 5.41) is 3.16. The van der Waals surface area contributed by atoms with E-state index in [-0.39, 0.29) is 16.3 Å². The second-order valence-corrected chi connectivity index (χ2v) is 10.7. The number of sulfonamides is 1. The smallest absolute Gasteiger partial charge is 0.264 e. The van der Waals surface area contributed by atoms with Gasteiger partial charge < -0.3 is 10.1 Å². The van der Waals surface area contributed by atoms with E-state index in [4.69, 9.17) is 16.3 Å². The Labute approximate surface area is 204 Å². The molecule has 0 saturated heterocycles. The first-order valence-corrected chi connectivity index (χ1v) is 13.0. The fourth-order valence-corrected chi connectivity index (χ4v) is 5.52. The van der Waals surface area contributed by atoms with E-state index in [0.29, 0.717) is 10.7 Å². The molecule has 0 bridgehead atoms. The zero-order valence-corrected chi connectivity index (χ0v) is 20.9. The van der Waals surface area contributed by atoms with Gasteiger partial charge in [0.25, 0.3) is 10.0 Å². The molecule has 0 aliphatic rings. The Morgan fingerprint density at radius 2 is 1.79 bits per heavy atom. The van der Waals surface area contributed by atoms with Crippen molar-refractivity contribution in [2.24, 2.45) is 0 Å². The molecular weight excluding hydrogens is 480 g/mol. The SMILES string of the molecule is CCSc1ccccc1NC(=O)CN(c1cc(Cl)ccc1OC)S(=O)(=O)c1ccc(C)cc1. The topological polar surface area (TPSA) is 75.7 Å². The van der Waals surface area contributed by atoms with Crippen molar-refractivity contribution in [1.29, 1.82) is 0 Å². The molecule has 0 radical (unpaired) electrons. The zero-order chi connectivity index (χ0) is 24.0. The van der Waals surface area contributed by atoms with Crippen molar-refractivity contribution in [2.75, 3.05) is 29.0 Å². The maximum Gasteiger partial charge on any atom is 0.264 e. The van der Waals surface area contributed by atoms with Gasteiger partial charge in [-0.2, -0.15) is 0 Å². The lowest BCUT2D eigenvalue weighted by Gasteiger charge is -2.26. The molecule has 0 unspecified atom stereocenters. The predicted octanol–water partition coefficient (Wildman–Crippen LogP) is 5.60. The van der Waals surface area contributed by atoms with Crippen molar-refractivity contribution in [1.82, 2.24) is 0 Å². The van der Waals surface area contributed by atoms with Crippen LogP contribution in [0.5, 0.6) is 5.75 Å². The molecule has 174 valence electrons. The number of nitrogens with one attached hydrogen (secondary N) is 1. The number of hydrogen-bond donors (Lipinski definition) is 1. The van der Waals surface area contributed by atoms with Crippen LogP contribution in [0.25, 0.3) is 0 Å². The number of para-hydroxylation sites is 1. The highest BCUT2D eigenvalue weighted by molar-refractivity contribution is 7.99. The molecule has 3 rings (SSSR count). The molecule has 0 aromatic heterocycles. The van der Waals surface area contributed by atoms with Crippen molar-refractivity contribution >= 4 is 50.7 Å². The Kier molecular flexibility index (Phi) is 8.29. The van der Waals surface area contributed by atoms with E-state index in [0.717, 1.165) is 20.5 Å². The van der Waals surface area contributed by atoms with Crippen LogP contribution in [0.4, 0.5) is 11.4 Å². The summed E-state index contributed by atoms with van der Waals surface area (Å²) in [4.78, 5) is 14.0. The minimum absolute atomic E-state index is 0.0601. The largest absolute Gasteiger partial charge is 0.495 e. The first-order chi connectivity index (χ1) is 15.8. The lowest BCUT2D eigenvalue weighted by atomic mass is 10.2. The van der Waals surface area contributed by atoms with E-state index in [9.17, 15) is 13.2 Å². The summed E-state index contributed by atoms with van der Waals surface area (Å²) in [5.41, 5.74) is 1.72. The normalized spacial score (nSPS) is 11.2. The van der Waals surface area contributed by atoms with Gasteiger partial charge in [0, 0.05) is 9.92 Å². The number of amides is 1. The summed E-state index contributed by atoms with van der Waals surface area (Å²) in [5.74, 6) is 0.627. The van der Waals surface area contributed by atoms with Gasteiger partial charge in [-0.05, 0) is 55.1 Å². The second-order valence-electron chi connectivity index (χ2n) is 7.12. The number of halogens is 1. The van der Waals surface area contributed by atoms with Gasteiger partial charge >= 0.3 is 0 Å². The summed E-state index contributed by atoms with van der Waals surface area (Å²) in [6.45, 7) is 3.43. The van der Waals surface area contributed by atoms with Crippen molar-refractivity contribution in [2.45, 2.75) is 23.6 Å². The molecular formula is C24H25ClN2O4S2. The van der Waals surface area contributed by atoms with Gasteiger partial charge in [-0.3, -0.25) is 9.10 Å². The van der Waals surface area contributed by atoms with Gasteiger partial charge in [0.15, 0.2) is 0 Å². The monoisotopic (exact) mass is 504 g/mol. The summed E-state index contributed by atoms with van der Waals surface area (Å²) in [7, 11) is -2.67. The summed E-state index contributed by atoms with van der Waals surface area (Å²) >= 11 is 7.76. The van der Waals surface area contributed by atoms with Gasteiger partial charge in [-0.1, -0.05) is 48.4 Å². The molecule has 0 saturated carbocycles. The van der Waals surface area contributed by atoms with Crippen molar-refractivity contribution in [3.63, 3.8) is 0 Å². The van der Waals surface area contributed by atoms with Gasteiger partial charge in [0.2, 0.25) is 5.91 Å². The maximum absolute atomic E-state index is 13.6. The number of carbonyl (C=O) groups excluding carboxylic acids is 1. The number of hydrogen-bond acceptors (Lipinski definition) is 5. The molecule has 0 spiro atoms. The van der Waals surface area contributed by atoms with Crippen molar-refractivity contribution in [3.8, 4) is 5.75 Å². The van der Waals surface area contributed by atoms with E-state index in [1.165, 1.54) is 25.3 Å². The average molecular weight is 505 g/mol. The molecule has 0 atom stereocenters. The number of rotatable bonds is 9. The third kappa shape index (κ3) is 6.01. The summed E-state index contributed by atoms with van der Waals surface area (Å²) in [6, 6.07) is 18.5. The predicted molar refractivity (Wildman–Crippen MR) is 135 cm³/mol. The van der Waals surface area contributed by atoms with E-state index >= 15 is 0 Å². The number of anilines is 2. The number of benzene rings is 3. The van der Waals surface area contributed by atoms with Crippen LogP contribution in [0.2, 0.25) is 5.02 Å². The standard InChI is InChI=1S/C24H25ClN2O4S2/c1-4-32-23-8-6-5-7-20(23)26-24(28)16-27(21-15-18(25)11-14-22(21)31-3)33(29,30)19-12-9-17(2)10-13-19/h5-15H,4,16H2,1-3H3,(H,26,28). The quantitative estimate of drug-likeness (QED) is 0.384. The van der Waals surface area contributed by atoms with Gasteiger partial charge in [0.1, 0.15) is 12.3 Å². The second kappa shape index (κ2) is 11.0. The molecule has 0 aliphatic carbocycles. The maximum atomic E-state index is 13.6. The molecule has 9 heteroatoms. The van der Waals surface area contributed by atoms with E-state index in [2.05, 4.69) is 5.32 Å². The Hall–Kier alpha value is -2.68. The fraction of sp³-hybridized carbons (Fsp3) is 0.208. The summed E-state index contributed by atoms with van der Waals surface area (Å²) < 4.78 is 33.7. The van der Waals surface area contributed by atoms with Crippen LogP contribution in [0.3, 0.4) is 0 Å². The van der Waals surface area contributed by atoms with E-state index in [1.807, 2.05) is 32.0 Å². The number of ether oxygens (including phenoxy) is 1. The average Bonchev–Trinajstić information content (AvgIpc) is 2.79. The minimum atomic E-state index is -4.10. The van der Waals surface area contributed by atoms with Crippen LogP contribution in [0.15, 0.2) is 76.5 Å². The lowest BCUT2D eigenvalue weighted by molar-refractivity contribution is -0.114. The Morgan fingerprint density at radius 1 is 1.09 bits per heavy atom. The van der Waals surface area contributed by atoms with Gasteiger partial charge in [-0.25, -0.2) is 8.42 Å². The third-order valence-electron chi connectivity index (χ3n) is 4.77. The van der Waals surface area contributed by atoms with Crippen LogP contribution in [-0.2, 0) is 14.8 Å². The molecule has 0 fully saturated rings. The number of aryl methyl sites for hydroxylation is 1.